The molecule has 1 fully saturated rings. The van der Waals surface area contributed by atoms with Crippen molar-refractivity contribution < 1.29 is 4.52 Å². The second kappa shape index (κ2) is 7.03. The van der Waals surface area contributed by atoms with Gasteiger partial charge in [-0.05, 0) is 30.6 Å². The van der Waals surface area contributed by atoms with Crippen molar-refractivity contribution >= 4 is 29.7 Å². The lowest BCUT2D eigenvalue weighted by molar-refractivity contribution is 0.0614. The molecule has 3 rings (SSSR count). The molecular weight excluding hydrogens is 357 g/mol. The maximum Gasteiger partial charge on any atom is 0.164 e. The van der Waals surface area contributed by atoms with E-state index >= 15 is 0 Å². The normalized spacial score (nSPS) is 24.0. The SMILES string of the molecule is C[Si](C)(C)C(P1OC2(CCCCC2)N=C1c1ccccc1)[Si](C)(C)C. The predicted molar refractivity (Wildman–Crippen MR) is 117 cm³/mol. The smallest absolute Gasteiger partial charge is 0.164 e. The lowest BCUT2D eigenvalue weighted by Crippen LogP contribution is -2.53. The van der Waals surface area contributed by atoms with E-state index in [1.807, 2.05) is 0 Å². The second-order valence-electron chi connectivity index (χ2n) is 9.86. The summed E-state index contributed by atoms with van der Waals surface area (Å²) < 4.78 is 7.00. The molecule has 1 unspecified atom stereocenters. The van der Waals surface area contributed by atoms with Crippen molar-refractivity contribution in [3.63, 3.8) is 0 Å². The topological polar surface area (TPSA) is 21.6 Å². The number of benzene rings is 1. The lowest BCUT2D eigenvalue weighted by Gasteiger charge is -2.43. The molecule has 5 heteroatoms. The number of hydrogen-bond acceptors (Lipinski definition) is 2. The number of nitrogens with zero attached hydrogens (tertiary/aromatic N) is 1. The van der Waals surface area contributed by atoms with Crippen molar-refractivity contribution in [1.29, 1.82) is 0 Å². The van der Waals surface area contributed by atoms with Gasteiger partial charge in [0.2, 0.25) is 0 Å². The van der Waals surface area contributed by atoms with E-state index in [1.54, 1.807) is 0 Å². The molecule has 0 saturated heterocycles. The Morgan fingerprint density at radius 2 is 1.48 bits per heavy atom. The van der Waals surface area contributed by atoms with Gasteiger partial charge in [-0.2, -0.15) is 0 Å². The Morgan fingerprint density at radius 3 is 2.00 bits per heavy atom. The Morgan fingerprint density at radius 1 is 0.920 bits per heavy atom. The van der Waals surface area contributed by atoms with Crippen molar-refractivity contribution in [1.82, 2.24) is 0 Å². The summed E-state index contributed by atoms with van der Waals surface area (Å²) in [6, 6.07) is 10.9. The van der Waals surface area contributed by atoms with Crippen LogP contribution in [0, 0.1) is 0 Å². The van der Waals surface area contributed by atoms with Crippen LogP contribution in [0.25, 0.3) is 0 Å². The third-order valence-corrected chi connectivity index (χ3v) is 21.6. The molecule has 1 aliphatic heterocycles. The molecule has 0 amide bonds. The maximum atomic E-state index is 7.00. The van der Waals surface area contributed by atoms with Crippen molar-refractivity contribution in [2.24, 2.45) is 4.99 Å². The molecule has 1 saturated carbocycles. The summed E-state index contributed by atoms with van der Waals surface area (Å²) in [5, 5.41) is 0. The van der Waals surface area contributed by atoms with Gasteiger partial charge in [0.1, 0.15) is 0 Å². The van der Waals surface area contributed by atoms with Gasteiger partial charge in [0.25, 0.3) is 0 Å². The minimum Gasteiger partial charge on any atom is -0.325 e. The van der Waals surface area contributed by atoms with Crippen LogP contribution in [0.15, 0.2) is 35.3 Å². The van der Waals surface area contributed by atoms with Crippen molar-refractivity contribution in [2.45, 2.75) is 82.0 Å². The first-order valence-electron chi connectivity index (χ1n) is 9.76. The van der Waals surface area contributed by atoms with Gasteiger partial charge in [0.05, 0.1) is 29.7 Å². The summed E-state index contributed by atoms with van der Waals surface area (Å²) in [5.74, 6) is 0. The summed E-state index contributed by atoms with van der Waals surface area (Å²) in [6.45, 7) is 15.2. The Hall–Kier alpha value is -0.286. The van der Waals surface area contributed by atoms with Crippen LogP contribution in [0.3, 0.4) is 0 Å². The fourth-order valence-electron chi connectivity index (χ4n) is 4.75. The second-order valence-corrected chi connectivity index (χ2v) is 23.8. The molecule has 0 radical (unpaired) electrons. The van der Waals surface area contributed by atoms with Gasteiger partial charge in [0, 0.05) is 5.56 Å². The number of hydrogen-bond donors (Lipinski definition) is 0. The van der Waals surface area contributed by atoms with Crippen LogP contribution in [0.4, 0.5) is 0 Å². The summed E-state index contributed by atoms with van der Waals surface area (Å²) in [6.07, 6.45) is 6.10. The minimum absolute atomic E-state index is 0.202. The molecule has 0 aromatic heterocycles. The molecule has 1 aromatic carbocycles. The number of aliphatic imine (C=N–C) groups is 1. The first kappa shape index (κ1) is 19.5. The highest BCUT2D eigenvalue weighted by Crippen LogP contribution is 2.61. The first-order valence-corrected chi connectivity index (χ1v) is 18.2. The van der Waals surface area contributed by atoms with E-state index in [0.717, 1.165) is 17.7 Å². The highest BCUT2D eigenvalue weighted by Gasteiger charge is 2.52. The molecule has 138 valence electrons. The molecule has 1 heterocycles. The Balaban J connectivity index is 2.06. The molecule has 1 spiro atoms. The zero-order valence-electron chi connectivity index (χ0n) is 16.8. The quantitative estimate of drug-likeness (QED) is 0.416. The van der Waals surface area contributed by atoms with Crippen molar-refractivity contribution in [3.05, 3.63) is 35.9 Å². The van der Waals surface area contributed by atoms with E-state index in [9.17, 15) is 0 Å². The van der Waals surface area contributed by atoms with Crippen molar-refractivity contribution in [2.75, 3.05) is 0 Å². The first-order chi connectivity index (χ1) is 11.6. The van der Waals surface area contributed by atoms with Gasteiger partial charge in [-0.3, -0.25) is 0 Å². The average Bonchev–Trinajstić information content (AvgIpc) is 2.84. The highest BCUT2D eigenvalue weighted by molar-refractivity contribution is 7.77. The predicted octanol–water partition coefficient (Wildman–Crippen LogP) is 6.64. The van der Waals surface area contributed by atoms with Crippen LogP contribution in [-0.2, 0) is 4.52 Å². The summed E-state index contributed by atoms with van der Waals surface area (Å²) in [5.41, 5.74) is 2.41. The van der Waals surface area contributed by atoms with E-state index < -0.39 is 24.3 Å². The number of rotatable bonds is 4. The lowest BCUT2D eigenvalue weighted by atomic mass is 9.92. The van der Waals surface area contributed by atoms with Gasteiger partial charge >= 0.3 is 0 Å². The van der Waals surface area contributed by atoms with Crippen LogP contribution in [0.5, 0.6) is 0 Å². The van der Waals surface area contributed by atoms with E-state index in [-0.39, 0.29) is 5.72 Å². The van der Waals surface area contributed by atoms with Gasteiger partial charge in [0.15, 0.2) is 5.72 Å². The van der Waals surface area contributed by atoms with Crippen molar-refractivity contribution in [3.8, 4) is 0 Å². The van der Waals surface area contributed by atoms with E-state index in [1.165, 1.54) is 30.3 Å². The Labute approximate surface area is 157 Å². The molecular formula is C20H34NOPSi2. The summed E-state index contributed by atoms with van der Waals surface area (Å²) >= 11 is 0. The molecule has 1 aromatic rings. The summed E-state index contributed by atoms with van der Waals surface area (Å²) in [7, 11) is -3.34. The van der Waals surface area contributed by atoms with Crippen LogP contribution >= 0.6 is 8.15 Å². The molecule has 0 bridgehead atoms. The molecule has 0 N–H and O–H groups in total. The minimum atomic E-state index is -1.36. The fourth-order valence-corrected chi connectivity index (χ4v) is 23.5. The van der Waals surface area contributed by atoms with Gasteiger partial charge < -0.3 is 4.52 Å². The van der Waals surface area contributed by atoms with Crippen LogP contribution in [-0.4, -0.2) is 32.2 Å². The van der Waals surface area contributed by atoms with Gasteiger partial charge in [-0.15, -0.1) is 0 Å². The van der Waals surface area contributed by atoms with Gasteiger partial charge in [-0.25, -0.2) is 4.99 Å². The highest BCUT2D eigenvalue weighted by atomic mass is 31.1. The Kier molecular flexibility index (Phi) is 5.48. The molecule has 1 aliphatic carbocycles. The van der Waals surface area contributed by atoms with Crippen LogP contribution in [0.2, 0.25) is 39.3 Å². The zero-order valence-corrected chi connectivity index (χ0v) is 19.7. The van der Waals surface area contributed by atoms with E-state index in [0.29, 0.717) is 0 Å². The largest absolute Gasteiger partial charge is 0.325 e. The average molecular weight is 392 g/mol. The third-order valence-electron chi connectivity index (χ3n) is 5.33. The van der Waals surface area contributed by atoms with E-state index in [2.05, 4.69) is 69.6 Å². The molecule has 1 atom stereocenters. The zero-order chi connectivity index (χ0) is 18.3. The monoisotopic (exact) mass is 391 g/mol. The molecule has 2 nitrogen and oxygen atoms in total. The Bertz CT molecular complexity index is 613. The van der Waals surface area contributed by atoms with Gasteiger partial charge in [-0.1, -0.05) is 76.0 Å². The van der Waals surface area contributed by atoms with E-state index in [4.69, 9.17) is 9.52 Å². The third kappa shape index (κ3) is 4.18. The molecule has 2 aliphatic rings. The summed E-state index contributed by atoms with van der Waals surface area (Å²) in [4.78, 5) is 6.09. The standard InChI is InChI=1S/C20H34NOPSi2/c1-24(2,3)19(25(4,5)6)23-18(17-13-9-7-10-14-17)21-20(22-23)15-11-8-12-16-20/h7,9-10,13-14,19H,8,11-12,15-16H2,1-6H3. The maximum absolute atomic E-state index is 7.00. The van der Waals surface area contributed by atoms with Crippen LogP contribution in [0.1, 0.15) is 37.7 Å². The van der Waals surface area contributed by atoms with Crippen LogP contribution < -0.4 is 0 Å². The fraction of sp³-hybridized carbons (Fsp3) is 0.650. The molecule has 25 heavy (non-hydrogen) atoms.